The summed E-state index contributed by atoms with van der Waals surface area (Å²) in [5, 5.41) is 17.5. The highest BCUT2D eigenvalue weighted by Gasteiger charge is 2.33. The molecule has 4 rings (SSSR count). The lowest BCUT2D eigenvalue weighted by atomic mass is 9.98. The van der Waals surface area contributed by atoms with Crippen molar-refractivity contribution in [3.63, 3.8) is 0 Å². The SMILES string of the molecule is O=C(CCN1CCCCC1)N1N=C(c2ccccc2)CC1c1cccc([N+](=O)[O-])c1. The van der Waals surface area contributed by atoms with Crippen molar-refractivity contribution in [2.45, 2.75) is 38.1 Å². The first-order chi connectivity index (χ1) is 14.6. The van der Waals surface area contributed by atoms with Crippen LogP contribution in [0.15, 0.2) is 59.7 Å². The molecule has 2 aliphatic heterocycles. The van der Waals surface area contributed by atoms with E-state index in [1.165, 1.54) is 25.3 Å². The van der Waals surface area contributed by atoms with Crippen LogP contribution in [-0.4, -0.2) is 46.1 Å². The van der Waals surface area contributed by atoms with Gasteiger partial charge in [0.2, 0.25) is 5.91 Å². The number of likely N-dealkylation sites (tertiary alicyclic amines) is 1. The van der Waals surface area contributed by atoms with Crippen molar-refractivity contribution in [2.75, 3.05) is 19.6 Å². The van der Waals surface area contributed by atoms with Crippen LogP contribution in [0.2, 0.25) is 0 Å². The number of nitro benzene ring substituents is 1. The Morgan fingerprint density at radius 3 is 2.57 bits per heavy atom. The van der Waals surface area contributed by atoms with E-state index < -0.39 is 4.92 Å². The first-order valence-corrected chi connectivity index (χ1v) is 10.5. The highest BCUT2D eigenvalue weighted by Crippen LogP contribution is 2.34. The summed E-state index contributed by atoms with van der Waals surface area (Å²) in [5.74, 6) is -0.0389. The molecule has 7 heteroatoms. The van der Waals surface area contributed by atoms with Crippen molar-refractivity contribution in [1.29, 1.82) is 0 Å². The minimum absolute atomic E-state index is 0.0291. The van der Waals surface area contributed by atoms with Crippen molar-refractivity contribution in [3.8, 4) is 0 Å². The van der Waals surface area contributed by atoms with Gasteiger partial charge < -0.3 is 4.90 Å². The van der Waals surface area contributed by atoms with Crippen LogP contribution in [0.5, 0.6) is 0 Å². The number of hydrogen-bond acceptors (Lipinski definition) is 5. The maximum atomic E-state index is 13.1. The number of carbonyl (C=O) groups is 1. The number of nitrogens with zero attached hydrogens (tertiary/aromatic N) is 4. The summed E-state index contributed by atoms with van der Waals surface area (Å²) >= 11 is 0. The van der Waals surface area contributed by atoms with E-state index in [0.29, 0.717) is 12.8 Å². The molecule has 0 bridgehead atoms. The maximum absolute atomic E-state index is 13.1. The molecule has 2 aromatic carbocycles. The molecule has 0 saturated carbocycles. The average molecular weight is 406 g/mol. The molecule has 1 atom stereocenters. The van der Waals surface area contributed by atoms with E-state index in [0.717, 1.165) is 36.5 Å². The number of piperidine rings is 1. The van der Waals surface area contributed by atoms with Crippen molar-refractivity contribution in [3.05, 3.63) is 75.8 Å². The topological polar surface area (TPSA) is 79.0 Å². The highest BCUT2D eigenvalue weighted by molar-refractivity contribution is 6.03. The van der Waals surface area contributed by atoms with Crippen molar-refractivity contribution >= 4 is 17.3 Å². The van der Waals surface area contributed by atoms with Gasteiger partial charge in [-0.15, -0.1) is 0 Å². The number of hydrogen-bond donors (Lipinski definition) is 0. The summed E-state index contributed by atoms with van der Waals surface area (Å²) < 4.78 is 0. The molecule has 2 heterocycles. The second-order valence-electron chi connectivity index (χ2n) is 7.88. The molecule has 156 valence electrons. The molecule has 2 aliphatic rings. The fourth-order valence-electron chi connectivity index (χ4n) is 4.20. The third-order valence-electron chi connectivity index (χ3n) is 5.83. The molecular weight excluding hydrogens is 380 g/mol. The minimum atomic E-state index is -0.403. The lowest BCUT2D eigenvalue weighted by Crippen LogP contribution is -2.35. The van der Waals surface area contributed by atoms with Gasteiger partial charge in [0.1, 0.15) is 0 Å². The first-order valence-electron chi connectivity index (χ1n) is 10.5. The van der Waals surface area contributed by atoms with Gasteiger partial charge in [-0.3, -0.25) is 14.9 Å². The standard InChI is InChI=1S/C23H26N4O3/c28-23(12-15-25-13-5-2-6-14-25)26-22(19-10-7-11-20(16-19)27(29)30)17-21(24-26)18-8-3-1-4-9-18/h1,3-4,7-11,16,22H,2,5-6,12-15,17H2. The van der Waals surface area contributed by atoms with Crippen molar-refractivity contribution < 1.29 is 9.72 Å². The van der Waals surface area contributed by atoms with E-state index in [4.69, 9.17) is 0 Å². The number of carbonyl (C=O) groups excluding carboxylic acids is 1. The zero-order valence-corrected chi connectivity index (χ0v) is 16.9. The summed E-state index contributed by atoms with van der Waals surface area (Å²) in [7, 11) is 0. The fourth-order valence-corrected chi connectivity index (χ4v) is 4.20. The zero-order valence-electron chi connectivity index (χ0n) is 16.9. The van der Waals surface area contributed by atoms with Crippen molar-refractivity contribution in [1.82, 2.24) is 9.91 Å². The number of nitro groups is 1. The average Bonchev–Trinajstić information content (AvgIpc) is 3.24. The maximum Gasteiger partial charge on any atom is 0.269 e. The second-order valence-corrected chi connectivity index (χ2v) is 7.88. The largest absolute Gasteiger partial charge is 0.303 e. The Labute approximate surface area is 176 Å². The van der Waals surface area contributed by atoms with Gasteiger partial charge in [0, 0.05) is 31.5 Å². The predicted molar refractivity (Wildman–Crippen MR) is 115 cm³/mol. The van der Waals surface area contributed by atoms with Crippen LogP contribution in [-0.2, 0) is 4.79 Å². The molecule has 1 saturated heterocycles. The van der Waals surface area contributed by atoms with E-state index in [-0.39, 0.29) is 17.6 Å². The summed E-state index contributed by atoms with van der Waals surface area (Å²) in [6, 6.07) is 16.0. The van der Waals surface area contributed by atoms with Gasteiger partial charge in [0.25, 0.3) is 5.69 Å². The van der Waals surface area contributed by atoms with Gasteiger partial charge in [0.05, 0.1) is 16.7 Å². The van der Waals surface area contributed by atoms with Crippen LogP contribution in [0, 0.1) is 10.1 Å². The molecule has 0 spiro atoms. The van der Waals surface area contributed by atoms with E-state index in [1.807, 2.05) is 36.4 Å². The molecule has 1 unspecified atom stereocenters. The molecule has 0 N–H and O–H groups in total. The minimum Gasteiger partial charge on any atom is -0.303 e. The molecule has 1 fully saturated rings. The smallest absolute Gasteiger partial charge is 0.269 e. The molecule has 30 heavy (non-hydrogen) atoms. The quantitative estimate of drug-likeness (QED) is 0.533. The normalized spacial score (nSPS) is 19.5. The molecule has 0 aliphatic carbocycles. The Kier molecular flexibility index (Phi) is 6.18. The van der Waals surface area contributed by atoms with Crippen molar-refractivity contribution in [2.24, 2.45) is 5.10 Å². The van der Waals surface area contributed by atoms with Crippen LogP contribution >= 0.6 is 0 Å². The van der Waals surface area contributed by atoms with Gasteiger partial charge in [0.15, 0.2) is 0 Å². The fraction of sp³-hybridized carbons (Fsp3) is 0.391. The van der Waals surface area contributed by atoms with Crippen LogP contribution in [0.4, 0.5) is 5.69 Å². The van der Waals surface area contributed by atoms with Gasteiger partial charge in [-0.05, 0) is 37.1 Å². The van der Waals surface area contributed by atoms with Gasteiger partial charge in [-0.25, -0.2) is 5.01 Å². The van der Waals surface area contributed by atoms with Crippen LogP contribution in [0.1, 0.15) is 49.3 Å². The summed E-state index contributed by atoms with van der Waals surface area (Å²) in [5.41, 5.74) is 2.57. The first kappa shape index (κ1) is 20.2. The Bertz CT molecular complexity index is 938. The number of non-ortho nitro benzene ring substituents is 1. The van der Waals surface area contributed by atoms with E-state index in [1.54, 1.807) is 17.1 Å². The van der Waals surface area contributed by atoms with Gasteiger partial charge in [-0.1, -0.05) is 48.9 Å². The van der Waals surface area contributed by atoms with Crippen LogP contribution in [0.3, 0.4) is 0 Å². The summed E-state index contributed by atoms with van der Waals surface area (Å²) in [6.45, 7) is 2.81. The Morgan fingerprint density at radius 2 is 1.83 bits per heavy atom. The Morgan fingerprint density at radius 1 is 1.07 bits per heavy atom. The Hall–Kier alpha value is -3.06. The molecule has 0 radical (unpaired) electrons. The molecular formula is C23H26N4O3. The third kappa shape index (κ3) is 4.57. The van der Waals surface area contributed by atoms with Gasteiger partial charge in [-0.2, -0.15) is 5.10 Å². The van der Waals surface area contributed by atoms with Gasteiger partial charge >= 0.3 is 0 Å². The summed E-state index contributed by atoms with van der Waals surface area (Å²) in [4.78, 5) is 26.3. The number of hydrazone groups is 1. The Balaban J connectivity index is 1.56. The van der Waals surface area contributed by atoms with E-state index in [9.17, 15) is 14.9 Å². The zero-order chi connectivity index (χ0) is 20.9. The molecule has 0 aromatic heterocycles. The number of benzene rings is 2. The van der Waals surface area contributed by atoms with Crippen LogP contribution in [0.25, 0.3) is 0 Å². The number of rotatable bonds is 6. The van der Waals surface area contributed by atoms with E-state index >= 15 is 0 Å². The molecule has 1 amide bonds. The highest BCUT2D eigenvalue weighted by atomic mass is 16.6. The lowest BCUT2D eigenvalue weighted by Gasteiger charge is -2.27. The lowest BCUT2D eigenvalue weighted by molar-refractivity contribution is -0.384. The number of amides is 1. The molecule has 2 aromatic rings. The monoisotopic (exact) mass is 406 g/mol. The predicted octanol–water partition coefficient (Wildman–Crippen LogP) is 4.15. The second kappa shape index (κ2) is 9.17. The summed E-state index contributed by atoms with van der Waals surface area (Å²) in [6.07, 6.45) is 4.57. The van der Waals surface area contributed by atoms with Crippen LogP contribution < -0.4 is 0 Å². The third-order valence-corrected chi connectivity index (χ3v) is 5.83. The van der Waals surface area contributed by atoms with E-state index in [2.05, 4.69) is 10.0 Å². The molecule has 7 nitrogen and oxygen atoms in total.